The molecule has 3 N–H and O–H groups in total. The SMILES string of the molecule is C=C(/C=C1/N=C(Cl)C=C(N2CCOCC2)N1N)[C@@H]1CCCCN1. The molecule has 0 unspecified atom stereocenters. The van der Waals surface area contributed by atoms with Crippen LogP contribution in [0.3, 0.4) is 0 Å². The van der Waals surface area contributed by atoms with Crippen molar-refractivity contribution >= 4 is 16.8 Å². The molecule has 0 spiro atoms. The number of nitrogens with zero attached hydrogens (tertiary/aromatic N) is 3. The van der Waals surface area contributed by atoms with Crippen molar-refractivity contribution in [3.8, 4) is 0 Å². The lowest BCUT2D eigenvalue weighted by molar-refractivity contribution is 0.0406. The number of hydrogen-bond acceptors (Lipinski definition) is 6. The zero-order valence-electron chi connectivity index (χ0n) is 13.3. The number of nitrogens with one attached hydrogen (secondary N) is 1. The molecule has 6 nitrogen and oxygen atoms in total. The zero-order chi connectivity index (χ0) is 16.2. The molecule has 0 aromatic carbocycles. The first-order valence-corrected chi connectivity index (χ1v) is 8.50. The highest BCUT2D eigenvalue weighted by molar-refractivity contribution is 6.68. The van der Waals surface area contributed by atoms with Crippen LogP contribution in [0.4, 0.5) is 0 Å². The molecule has 0 aromatic rings. The normalized spacial score (nSPS) is 27.7. The molecule has 0 radical (unpaired) electrons. The largest absolute Gasteiger partial charge is 0.378 e. The van der Waals surface area contributed by atoms with E-state index in [9.17, 15) is 0 Å². The molecular formula is C16H24ClN5O. The Bertz CT molecular complexity index is 545. The summed E-state index contributed by atoms with van der Waals surface area (Å²) in [5.74, 6) is 7.75. The lowest BCUT2D eigenvalue weighted by atomic mass is 9.98. The number of allylic oxidation sites excluding steroid dienone is 1. The summed E-state index contributed by atoms with van der Waals surface area (Å²) >= 11 is 6.21. The molecule has 0 amide bonds. The Kier molecular flexibility index (Phi) is 5.38. The van der Waals surface area contributed by atoms with Gasteiger partial charge >= 0.3 is 0 Å². The Labute approximate surface area is 142 Å². The van der Waals surface area contributed by atoms with Gasteiger partial charge in [0.2, 0.25) is 0 Å². The molecule has 126 valence electrons. The summed E-state index contributed by atoms with van der Waals surface area (Å²) in [6.45, 7) is 8.18. The van der Waals surface area contributed by atoms with E-state index >= 15 is 0 Å². The molecule has 23 heavy (non-hydrogen) atoms. The van der Waals surface area contributed by atoms with Gasteiger partial charge in [-0.1, -0.05) is 24.6 Å². The van der Waals surface area contributed by atoms with Gasteiger partial charge in [0.15, 0.2) is 5.82 Å². The number of hydrazine groups is 1. The highest BCUT2D eigenvalue weighted by atomic mass is 35.5. The second-order valence-corrected chi connectivity index (χ2v) is 6.37. The van der Waals surface area contributed by atoms with Gasteiger partial charge in [0.05, 0.1) is 13.2 Å². The lowest BCUT2D eigenvalue weighted by Gasteiger charge is -2.37. The Morgan fingerprint density at radius 3 is 2.91 bits per heavy atom. The smallest absolute Gasteiger partial charge is 0.150 e. The van der Waals surface area contributed by atoms with Crippen molar-refractivity contribution < 1.29 is 4.74 Å². The minimum absolute atomic E-state index is 0.288. The Morgan fingerprint density at radius 1 is 1.43 bits per heavy atom. The van der Waals surface area contributed by atoms with Gasteiger partial charge in [-0.05, 0) is 31.0 Å². The van der Waals surface area contributed by atoms with Crippen molar-refractivity contribution in [3.63, 3.8) is 0 Å². The summed E-state index contributed by atoms with van der Waals surface area (Å²) < 4.78 is 5.39. The summed E-state index contributed by atoms with van der Waals surface area (Å²) in [5, 5.41) is 5.51. The molecule has 1 atom stereocenters. The van der Waals surface area contributed by atoms with Crippen LogP contribution in [0.25, 0.3) is 0 Å². The average Bonchev–Trinajstić information content (AvgIpc) is 2.59. The van der Waals surface area contributed by atoms with Gasteiger partial charge in [-0.25, -0.2) is 15.8 Å². The van der Waals surface area contributed by atoms with Crippen molar-refractivity contribution in [2.24, 2.45) is 10.8 Å². The van der Waals surface area contributed by atoms with Crippen LogP contribution in [0.2, 0.25) is 0 Å². The molecule has 0 aliphatic carbocycles. The third kappa shape index (κ3) is 3.95. The molecule has 0 saturated carbocycles. The van der Waals surface area contributed by atoms with E-state index < -0.39 is 0 Å². The monoisotopic (exact) mass is 337 g/mol. The van der Waals surface area contributed by atoms with Crippen molar-refractivity contribution in [2.45, 2.75) is 25.3 Å². The predicted molar refractivity (Wildman–Crippen MR) is 92.7 cm³/mol. The molecule has 3 aliphatic rings. The highest BCUT2D eigenvalue weighted by Gasteiger charge is 2.24. The standard InChI is InChI=1S/C16H24ClN5O/c1-12(13-4-2-3-5-19-13)10-15-20-14(17)11-16(22(15)18)21-6-8-23-9-7-21/h10-11,13,19H,1-9,18H2/b15-10-/t13-/m0/s1. The lowest BCUT2D eigenvalue weighted by Crippen LogP contribution is -2.45. The number of aliphatic imine (C=N–C) groups is 1. The van der Waals surface area contributed by atoms with Crippen LogP contribution in [0, 0.1) is 0 Å². The molecule has 3 heterocycles. The van der Waals surface area contributed by atoms with Gasteiger partial charge in [-0.15, -0.1) is 0 Å². The average molecular weight is 338 g/mol. The topological polar surface area (TPSA) is 66.1 Å². The Morgan fingerprint density at radius 2 is 2.22 bits per heavy atom. The van der Waals surface area contributed by atoms with Gasteiger partial charge in [0.25, 0.3) is 0 Å². The van der Waals surface area contributed by atoms with Gasteiger partial charge in [-0.3, -0.25) is 0 Å². The van der Waals surface area contributed by atoms with Crippen LogP contribution < -0.4 is 11.2 Å². The molecule has 2 fully saturated rings. The van der Waals surface area contributed by atoms with E-state index in [1.165, 1.54) is 12.8 Å². The minimum Gasteiger partial charge on any atom is -0.378 e. The molecule has 3 rings (SSSR count). The molecule has 2 saturated heterocycles. The van der Waals surface area contributed by atoms with E-state index in [1.807, 2.05) is 6.08 Å². The fraction of sp³-hybridized carbons (Fsp3) is 0.562. The number of ether oxygens (including phenoxy) is 1. The van der Waals surface area contributed by atoms with E-state index in [2.05, 4.69) is 21.8 Å². The quantitative estimate of drug-likeness (QED) is 0.764. The fourth-order valence-electron chi connectivity index (χ4n) is 3.06. The van der Waals surface area contributed by atoms with Crippen molar-refractivity contribution in [1.29, 1.82) is 0 Å². The molecular weight excluding hydrogens is 314 g/mol. The highest BCUT2D eigenvalue weighted by Crippen LogP contribution is 2.24. The molecule has 0 aromatic heterocycles. The number of nitrogens with two attached hydrogens (primary N) is 1. The van der Waals surface area contributed by atoms with Crippen molar-refractivity contribution in [3.05, 3.63) is 35.9 Å². The van der Waals surface area contributed by atoms with Gasteiger partial charge in [0, 0.05) is 25.2 Å². The van der Waals surface area contributed by atoms with Crippen LogP contribution in [0.5, 0.6) is 0 Å². The third-order valence-corrected chi connectivity index (χ3v) is 4.56. The maximum absolute atomic E-state index is 6.28. The van der Waals surface area contributed by atoms with Crippen LogP contribution in [0.1, 0.15) is 19.3 Å². The Hall–Kier alpha value is -1.34. The summed E-state index contributed by atoms with van der Waals surface area (Å²) in [4.78, 5) is 6.53. The summed E-state index contributed by atoms with van der Waals surface area (Å²) in [7, 11) is 0. The van der Waals surface area contributed by atoms with Crippen molar-refractivity contribution in [2.75, 3.05) is 32.8 Å². The van der Waals surface area contributed by atoms with Crippen LogP contribution >= 0.6 is 11.6 Å². The number of rotatable bonds is 3. The number of piperidine rings is 1. The molecule has 0 bridgehead atoms. The first kappa shape index (κ1) is 16.5. The van der Waals surface area contributed by atoms with Crippen molar-refractivity contribution in [1.82, 2.24) is 15.2 Å². The third-order valence-electron chi connectivity index (χ3n) is 4.37. The second-order valence-electron chi connectivity index (χ2n) is 5.99. The predicted octanol–water partition coefficient (Wildman–Crippen LogP) is 1.53. The van der Waals surface area contributed by atoms with E-state index in [0.29, 0.717) is 24.2 Å². The summed E-state index contributed by atoms with van der Waals surface area (Å²) in [6.07, 6.45) is 7.26. The van der Waals surface area contributed by atoms with Gasteiger partial charge in [0.1, 0.15) is 11.0 Å². The van der Waals surface area contributed by atoms with Crippen LogP contribution in [0.15, 0.2) is 40.9 Å². The second kappa shape index (κ2) is 7.49. The van der Waals surface area contributed by atoms with Gasteiger partial charge in [-0.2, -0.15) is 0 Å². The number of morpholine rings is 1. The fourth-order valence-corrected chi connectivity index (χ4v) is 3.25. The van der Waals surface area contributed by atoms with E-state index in [0.717, 1.165) is 37.4 Å². The first-order valence-electron chi connectivity index (χ1n) is 8.12. The number of hydrogen-bond donors (Lipinski definition) is 2. The van der Waals surface area contributed by atoms with E-state index in [4.69, 9.17) is 22.2 Å². The summed E-state index contributed by atoms with van der Waals surface area (Å²) in [5.41, 5.74) is 0.992. The maximum Gasteiger partial charge on any atom is 0.150 e. The van der Waals surface area contributed by atoms with Crippen LogP contribution in [-0.4, -0.2) is 54.0 Å². The maximum atomic E-state index is 6.28. The van der Waals surface area contributed by atoms with Gasteiger partial charge < -0.3 is 15.0 Å². The minimum atomic E-state index is 0.288. The first-order chi connectivity index (χ1) is 11.1. The summed E-state index contributed by atoms with van der Waals surface area (Å²) in [6, 6.07) is 0.288. The molecule has 7 heteroatoms. The number of halogens is 1. The van der Waals surface area contributed by atoms with E-state index in [1.54, 1.807) is 11.1 Å². The van der Waals surface area contributed by atoms with E-state index in [-0.39, 0.29) is 6.04 Å². The molecule has 3 aliphatic heterocycles. The zero-order valence-corrected chi connectivity index (χ0v) is 14.1. The van der Waals surface area contributed by atoms with Crippen LogP contribution in [-0.2, 0) is 4.74 Å². The Balaban J connectivity index is 1.75.